The highest BCUT2D eigenvalue weighted by Gasteiger charge is 2.59. The average Bonchev–Trinajstić information content (AvgIpc) is 3.76. The fraction of sp³-hybridized carbons (Fsp3) is 0.250. The second-order valence-electron chi connectivity index (χ2n) is 11.7. The number of rotatable bonds is 8. The van der Waals surface area contributed by atoms with Crippen molar-refractivity contribution < 1.29 is 28.7 Å². The topological polar surface area (TPSA) is 103 Å². The van der Waals surface area contributed by atoms with Crippen LogP contribution < -0.4 is 9.64 Å². The highest BCUT2D eigenvalue weighted by Crippen LogP contribution is 2.53. The number of ether oxygens (including phenoxy) is 2. The molecule has 226 valence electrons. The van der Waals surface area contributed by atoms with Crippen LogP contribution in [0.15, 0.2) is 83.4 Å². The summed E-state index contributed by atoms with van der Waals surface area (Å²) in [4.78, 5) is 59.2. The number of allylic oxidation sites excluding steroid dienone is 2. The molecular formula is C36H29BrN2O6. The summed E-state index contributed by atoms with van der Waals surface area (Å²) in [6, 6.07) is 19.2. The SMILES string of the molecule is CCc1cc(Br)cc2c(C(=O)OCC(=O)c3ccc(OC)cc3)cc(-c3ccc(N4C(=O)C5C6C=CC(C6)C5C4=O)cc3)nc12. The number of carbonyl (C=O) groups excluding carboxylic acids is 4. The third-order valence-corrected chi connectivity index (χ3v) is 9.65. The van der Waals surface area contributed by atoms with Crippen LogP contribution in [0.1, 0.15) is 39.6 Å². The number of hydrogen-bond acceptors (Lipinski definition) is 7. The fourth-order valence-corrected chi connectivity index (χ4v) is 7.46. The Kier molecular flexibility index (Phi) is 7.36. The number of pyridine rings is 1. The smallest absolute Gasteiger partial charge is 0.339 e. The zero-order chi connectivity index (χ0) is 31.4. The van der Waals surface area contributed by atoms with Crippen molar-refractivity contribution in [3.63, 3.8) is 0 Å². The molecule has 7 rings (SSSR count). The molecule has 1 aliphatic heterocycles. The second-order valence-corrected chi connectivity index (χ2v) is 12.6. The van der Waals surface area contributed by atoms with E-state index in [-0.39, 0.29) is 46.8 Å². The molecule has 0 spiro atoms. The summed E-state index contributed by atoms with van der Waals surface area (Å²) in [5.41, 5.74) is 4.02. The standard InChI is InChI=1S/C36H29BrN2O6/c1-3-19-15-24(37)16-27-28(36(43)45-18-30(40)21-8-12-26(44-2)13-9-21)17-29(38-33(19)27)20-6-10-25(11-7-20)39-34(41)31-22-4-5-23(14-22)32(31)35(39)42/h4-13,15-17,22-23,31-32H,3,14,18H2,1-2H3. The predicted molar refractivity (Wildman–Crippen MR) is 172 cm³/mol. The van der Waals surface area contributed by atoms with Crippen molar-refractivity contribution in [2.45, 2.75) is 19.8 Å². The van der Waals surface area contributed by atoms with Crippen molar-refractivity contribution in [1.29, 1.82) is 0 Å². The quantitative estimate of drug-likeness (QED) is 0.0906. The van der Waals surface area contributed by atoms with Crippen molar-refractivity contribution in [2.24, 2.45) is 23.7 Å². The Hall–Kier alpha value is -4.63. The van der Waals surface area contributed by atoms with Gasteiger partial charge in [-0.2, -0.15) is 0 Å². The number of anilines is 1. The van der Waals surface area contributed by atoms with E-state index in [1.165, 1.54) is 4.90 Å². The molecule has 4 unspecified atom stereocenters. The minimum atomic E-state index is -0.648. The van der Waals surface area contributed by atoms with Crippen molar-refractivity contribution >= 4 is 56.1 Å². The van der Waals surface area contributed by atoms with E-state index in [9.17, 15) is 19.2 Å². The lowest BCUT2D eigenvalue weighted by Crippen LogP contribution is -2.32. The highest BCUT2D eigenvalue weighted by atomic mass is 79.9. The van der Waals surface area contributed by atoms with Crippen LogP contribution >= 0.6 is 15.9 Å². The van der Waals surface area contributed by atoms with E-state index in [2.05, 4.69) is 28.1 Å². The number of ketones is 1. The van der Waals surface area contributed by atoms with Crippen molar-refractivity contribution in [3.8, 4) is 17.0 Å². The minimum Gasteiger partial charge on any atom is -0.497 e. The number of aryl methyl sites for hydroxylation is 1. The number of amides is 2. The van der Waals surface area contributed by atoms with Gasteiger partial charge in [0.05, 0.1) is 41.4 Å². The number of nitrogens with zero attached hydrogens (tertiary/aromatic N) is 2. The lowest BCUT2D eigenvalue weighted by atomic mass is 9.85. The first kappa shape index (κ1) is 29.1. The number of carbonyl (C=O) groups is 4. The van der Waals surface area contributed by atoms with Crippen LogP contribution in [0.2, 0.25) is 0 Å². The lowest BCUT2D eigenvalue weighted by Gasteiger charge is -2.18. The number of methoxy groups -OCH3 is 1. The van der Waals surface area contributed by atoms with E-state index in [1.54, 1.807) is 61.7 Å². The van der Waals surface area contributed by atoms with Crippen LogP contribution in [-0.2, 0) is 20.7 Å². The Bertz CT molecular complexity index is 1890. The molecule has 4 atom stereocenters. The molecule has 2 bridgehead atoms. The summed E-state index contributed by atoms with van der Waals surface area (Å²) in [6.07, 6.45) is 5.71. The van der Waals surface area contributed by atoms with Crippen LogP contribution in [0.5, 0.6) is 5.75 Å². The van der Waals surface area contributed by atoms with E-state index in [0.29, 0.717) is 45.6 Å². The van der Waals surface area contributed by atoms with Gasteiger partial charge in [0, 0.05) is 21.0 Å². The molecule has 2 heterocycles. The van der Waals surface area contributed by atoms with Crippen molar-refractivity contribution in [3.05, 3.63) is 100 Å². The molecular weight excluding hydrogens is 636 g/mol. The van der Waals surface area contributed by atoms with Gasteiger partial charge in [0.25, 0.3) is 0 Å². The summed E-state index contributed by atoms with van der Waals surface area (Å²) >= 11 is 3.55. The molecule has 1 saturated carbocycles. The average molecular weight is 666 g/mol. The van der Waals surface area contributed by atoms with Crippen LogP contribution in [0, 0.1) is 23.7 Å². The molecule has 45 heavy (non-hydrogen) atoms. The molecule has 1 saturated heterocycles. The molecule has 4 aromatic rings. The maximum Gasteiger partial charge on any atom is 0.339 e. The van der Waals surface area contributed by atoms with Gasteiger partial charge in [0.15, 0.2) is 12.4 Å². The van der Waals surface area contributed by atoms with Gasteiger partial charge in [-0.1, -0.05) is 47.1 Å². The monoisotopic (exact) mass is 664 g/mol. The van der Waals surface area contributed by atoms with E-state index >= 15 is 0 Å². The Morgan fingerprint density at radius 2 is 1.60 bits per heavy atom. The van der Waals surface area contributed by atoms with E-state index in [4.69, 9.17) is 14.5 Å². The van der Waals surface area contributed by atoms with Crippen LogP contribution in [0.25, 0.3) is 22.2 Å². The molecule has 2 fully saturated rings. The van der Waals surface area contributed by atoms with Crippen molar-refractivity contribution in [1.82, 2.24) is 4.98 Å². The number of benzene rings is 3. The Labute approximate surface area is 268 Å². The van der Waals surface area contributed by atoms with Gasteiger partial charge in [0.2, 0.25) is 11.8 Å². The highest BCUT2D eigenvalue weighted by molar-refractivity contribution is 9.10. The summed E-state index contributed by atoms with van der Waals surface area (Å²) in [6.45, 7) is 1.59. The number of hydrogen-bond donors (Lipinski definition) is 0. The molecule has 0 radical (unpaired) electrons. The largest absolute Gasteiger partial charge is 0.497 e. The maximum absolute atomic E-state index is 13.5. The predicted octanol–water partition coefficient (Wildman–Crippen LogP) is 6.59. The molecule has 8 nitrogen and oxygen atoms in total. The second kappa shape index (κ2) is 11.4. The van der Waals surface area contributed by atoms with E-state index < -0.39 is 12.6 Å². The normalized spacial score (nSPS) is 21.4. The molecule has 3 aromatic carbocycles. The van der Waals surface area contributed by atoms with Crippen LogP contribution in [0.3, 0.4) is 0 Å². The van der Waals surface area contributed by atoms with Gasteiger partial charge in [-0.05, 0) is 84.8 Å². The van der Waals surface area contributed by atoms with Gasteiger partial charge in [0.1, 0.15) is 5.75 Å². The lowest BCUT2D eigenvalue weighted by molar-refractivity contribution is -0.123. The zero-order valence-corrected chi connectivity index (χ0v) is 26.2. The number of fused-ring (bicyclic) bond motifs is 6. The first-order chi connectivity index (χ1) is 21.8. The van der Waals surface area contributed by atoms with Crippen LogP contribution in [-0.4, -0.2) is 42.3 Å². The molecule has 0 N–H and O–H groups in total. The first-order valence-corrected chi connectivity index (χ1v) is 15.7. The Morgan fingerprint density at radius 3 is 2.22 bits per heavy atom. The maximum atomic E-state index is 13.5. The molecule has 3 aliphatic rings. The summed E-state index contributed by atoms with van der Waals surface area (Å²) < 4.78 is 11.5. The van der Waals surface area contributed by atoms with E-state index in [1.807, 2.05) is 19.1 Å². The zero-order valence-electron chi connectivity index (χ0n) is 24.7. The summed E-state index contributed by atoms with van der Waals surface area (Å²) in [5.74, 6) is -0.899. The molecule has 1 aromatic heterocycles. The Morgan fingerprint density at radius 1 is 0.933 bits per heavy atom. The molecule has 2 amide bonds. The minimum absolute atomic E-state index is 0.134. The Balaban J connectivity index is 1.19. The van der Waals surface area contributed by atoms with E-state index in [0.717, 1.165) is 16.5 Å². The van der Waals surface area contributed by atoms with Gasteiger partial charge < -0.3 is 9.47 Å². The van der Waals surface area contributed by atoms with Crippen LogP contribution in [0.4, 0.5) is 5.69 Å². The summed E-state index contributed by atoms with van der Waals surface area (Å²) in [7, 11) is 1.54. The van der Waals surface area contributed by atoms with Gasteiger partial charge in [-0.15, -0.1) is 0 Å². The third-order valence-electron chi connectivity index (χ3n) is 9.20. The number of halogens is 1. The number of Topliss-reactive ketones (excluding diaryl/α,β-unsaturated/α-hetero) is 1. The number of imide groups is 1. The van der Waals surface area contributed by atoms with Gasteiger partial charge in [-0.25, -0.2) is 9.78 Å². The number of esters is 1. The molecule has 9 heteroatoms. The van der Waals surface area contributed by atoms with Crippen molar-refractivity contribution in [2.75, 3.05) is 18.6 Å². The first-order valence-electron chi connectivity index (χ1n) is 14.9. The van der Waals surface area contributed by atoms with Gasteiger partial charge in [-0.3, -0.25) is 19.3 Å². The summed E-state index contributed by atoms with van der Waals surface area (Å²) in [5, 5.41) is 0.603. The van der Waals surface area contributed by atoms with Gasteiger partial charge >= 0.3 is 5.97 Å². The third kappa shape index (κ3) is 4.95. The number of aromatic nitrogens is 1. The fourth-order valence-electron chi connectivity index (χ4n) is 6.95. The molecule has 2 aliphatic carbocycles.